The lowest BCUT2D eigenvalue weighted by molar-refractivity contribution is -0.184. The number of nitrogens with one attached hydrogen (secondary N) is 1. The topological polar surface area (TPSA) is 95.9 Å². The predicted octanol–water partition coefficient (Wildman–Crippen LogP) is 3.90. The number of carbonyl (C=O) groups is 3. The Morgan fingerprint density at radius 3 is 2.42 bits per heavy atom. The van der Waals surface area contributed by atoms with Crippen LogP contribution in [0.25, 0.3) is 0 Å². The molecule has 2 N–H and O–H groups in total. The van der Waals surface area contributed by atoms with E-state index in [4.69, 9.17) is 4.74 Å². The number of nitrogens with zero attached hydrogens (tertiary/aromatic N) is 1. The van der Waals surface area contributed by atoms with Gasteiger partial charge in [0.25, 0.3) is 5.91 Å². The summed E-state index contributed by atoms with van der Waals surface area (Å²) in [6.45, 7) is 16.3. The molecular weight excluding hydrogens is 440 g/mol. The van der Waals surface area contributed by atoms with Gasteiger partial charge in [0.15, 0.2) is 0 Å². The molecule has 1 aliphatic carbocycles. The fraction of sp³-hybridized carbons (Fsp3) is 0.880. The average Bonchev–Trinajstić information content (AvgIpc) is 2.97. The van der Waals surface area contributed by atoms with E-state index in [9.17, 15) is 19.5 Å². The number of β-lactam (4-membered cyclic amide) rings is 1. The van der Waals surface area contributed by atoms with E-state index in [1.807, 2.05) is 34.6 Å². The molecule has 7 nitrogen and oxygen atoms in total. The Bertz CT molecular complexity index is 785. The van der Waals surface area contributed by atoms with Crippen LogP contribution < -0.4 is 5.32 Å². The third-order valence-corrected chi connectivity index (χ3v) is 9.70. The fourth-order valence-corrected chi connectivity index (χ4v) is 7.66. The molecule has 1 saturated carbocycles. The van der Waals surface area contributed by atoms with E-state index in [2.05, 4.69) is 26.1 Å². The Labute approximate surface area is 202 Å². The highest BCUT2D eigenvalue weighted by Crippen LogP contribution is 2.51. The number of rotatable bonds is 8. The molecule has 3 fully saturated rings. The lowest BCUT2D eigenvalue weighted by Crippen LogP contribution is -2.72. The Hall–Kier alpha value is -1.28. The standard InChI is InChI=1S/C25H42N2O5S/c1-9-25(14(4)5,32-17-12-15(6)10-11-16(17)13(2)3)23(31)26-18-20(28)27-19(22(29)30)24(7,8)33-21(18)27/h13-19,21H,9-12H2,1-8H3,(H,26,31)(H,29,30)/t15-,16-,17+,18+,19-,21+,25+/m0/s1. The summed E-state index contributed by atoms with van der Waals surface area (Å²) >= 11 is 1.44. The summed E-state index contributed by atoms with van der Waals surface area (Å²) in [6, 6.07) is -1.61. The second kappa shape index (κ2) is 9.40. The van der Waals surface area contributed by atoms with Gasteiger partial charge in [0.1, 0.15) is 23.1 Å². The molecule has 33 heavy (non-hydrogen) atoms. The predicted molar refractivity (Wildman–Crippen MR) is 130 cm³/mol. The fourth-order valence-electron chi connectivity index (χ4n) is 6.03. The molecule has 7 atom stereocenters. The van der Waals surface area contributed by atoms with Crippen LogP contribution in [0.5, 0.6) is 0 Å². The normalized spacial score (nSPS) is 35.2. The Morgan fingerprint density at radius 1 is 1.27 bits per heavy atom. The Balaban J connectivity index is 1.81. The summed E-state index contributed by atoms with van der Waals surface area (Å²) in [7, 11) is 0. The van der Waals surface area contributed by atoms with Gasteiger partial charge >= 0.3 is 5.97 Å². The van der Waals surface area contributed by atoms with Crippen LogP contribution in [-0.4, -0.2) is 61.7 Å². The van der Waals surface area contributed by atoms with Gasteiger partial charge in [-0.1, -0.05) is 48.0 Å². The molecule has 188 valence electrons. The lowest BCUT2D eigenvalue weighted by atomic mass is 9.74. The van der Waals surface area contributed by atoms with Crippen LogP contribution in [0.3, 0.4) is 0 Å². The summed E-state index contributed by atoms with van der Waals surface area (Å²) in [6.07, 6.45) is 3.74. The van der Waals surface area contributed by atoms with Crippen molar-refractivity contribution in [3.63, 3.8) is 0 Å². The highest BCUT2D eigenvalue weighted by Gasteiger charge is 2.64. The highest BCUT2D eigenvalue weighted by atomic mass is 32.2. The van der Waals surface area contributed by atoms with Crippen molar-refractivity contribution in [2.24, 2.45) is 23.7 Å². The Kier molecular flexibility index (Phi) is 7.50. The SMILES string of the molecule is CC[C@](O[C@@H]1C[C@@H](C)CC[C@H]1C(C)C)(C(=O)N[C@@H]1C(=O)N2[C@@H]1SC(C)(C)[C@@H]2C(=O)O)C(C)C. The molecule has 2 heterocycles. The first-order valence-corrected chi connectivity index (χ1v) is 13.4. The van der Waals surface area contributed by atoms with Gasteiger partial charge in [-0.05, 0) is 56.8 Å². The van der Waals surface area contributed by atoms with Crippen molar-refractivity contribution < 1.29 is 24.2 Å². The lowest BCUT2D eigenvalue weighted by Gasteiger charge is -2.47. The molecule has 0 bridgehead atoms. The number of fused-ring (bicyclic) bond motifs is 1. The van der Waals surface area contributed by atoms with Crippen molar-refractivity contribution in [1.82, 2.24) is 10.2 Å². The molecule has 0 aromatic rings. The summed E-state index contributed by atoms with van der Waals surface area (Å²) in [5.74, 6) is -0.219. The minimum absolute atomic E-state index is 0.00613. The maximum Gasteiger partial charge on any atom is 0.327 e. The van der Waals surface area contributed by atoms with Crippen molar-refractivity contribution >= 4 is 29.5 Å². The largest absolute Gasteiger partial charge is 0.480 e. The number of amides is 2. The molecule has 2 amide bonds. The minimum Gasteiger partial charge on any atom is -0.480 e. The zero-order chi connectivity index (χ0) is 24.9. The van der Waals surface area contributed by atoms with E-state index in [0.717, 1.165) is 12.8 Å². The summed E-state index contributed by atoms with van der Waals surface area (Å²) in [4.78, 5) is 39.9. The first kappa shape index (κ1) is 26.3. The average molecular weight is 483 g/mol. The molecule has 0 radical (unpaired) electrons. The number of hydrogen-bond acceptors (Lipinski definition) is 5. The number of hydrogen-bond donors (Lipinski definition) is 2. The molecular formula is C25H42N2O5S. The van der Waals surface area contributed by atoms with Crippen LogP contribution in [0.1, 0.15) is 81.1 Å². The number of aliphatic carboxylic acids is 1. The molecule has 0 unspecified atom stereocenters. The van der Waals surface area contributed by atoms with Crippen molar-refractivity contribution in [1.29, 1.82) is 0 Å². The number of carboxylic acids is 1. The van der Waals surface area contributed by atoms with Gasteiger partial charge in [-0.2, -0.15) is 0 Å². The van der Waals surface area contributed by atoms with Gasteiger partial charge in [-0.15, -0.1) is 11.8 Å². The van der Waals surface area contributed by atoms with Gasteiger partial charge in [0, 0.05) is 4.75 Å². The number of thioether (sulfide) groups is 1. The van der Waals surface area contributed by atoms with Gasteiger partial charge in [0.05, 0.1) is 6.10 Å². The quantitative estimate of drug-likeness (QED) is 0.510. The molecule has 0 aromatic heterocycles. The monoisotopic (exact) mass is 482 g/mol. The van der Waals surface area contributed by atoms with Gasteiger partial charge in [-0.25, -0.2) is 4.79 Å². The van der Waals surface area contributed by atoms with E-state index in [1.54, 1.807) is 0 Å². The first-order valence-electron chi connectivity index (χ1n) is 12.5. The van der Waals surface area contributed by atoms with E-state index in [1.165, 1.54) is 23.1 Å². The summed E-state index contributed by atoms with van der Waals surface area (Å²) in [5, 5.41) is 12.3. The van der Waals surface area contributed by atoms with E-state index in [0.29, 0.717) is 24.2 Å². The van der Waals surface area contributed by atoms with E-state index < -0.39 is 28.4 Å². The molecule has 8 heteroatoms. The highest BCUT2D eigenvalue weighted by molar-refractivity contribution is 8.01. The van der Waals surface area contributed by atoms with Crippen LogP contribution >= 0.6 is 11.8 Å². The van der Waals surface area contributed by atoms with Crippen LogP contribution in [-0.2, 0) is 19.1 Å². The molecule has 3 rings (SSSR count). The second-order valence-electron chi connectivity index (χ2n) is 11.4. The third-order valence-electron chi connectivity index (χ3n) is 8.13. The van der Waals surface area contributed by atoms with Crippen molar-refractivity contribution in [2.45, 2.75) is 115 Å². The number of carboxylic acid groups (broad SMARTS) is 1. The maximum atomic E-state index is 13.8. The van der Waals surface area contributed by atoms with Crippen LogP contribution in [0, 0.1) is 23.7 Å². The number of ether oxygens (including phenoxy) is 1. The maximum absolute atomic E-state index is 13.8. The summed E-state index contributed by atoms with van der Waals surface area (Å²) in [5.41, 5.74) is -1.03. The van der Waals surface area contributed by atoms with E-state index >= 15 is 0 Å². The molecule has 2 saturated heterocycles. The smallest absolute Gasteiger partial charge is 0.327 e. The summed E-state index contributed by atoms with van der Waals surface area (Å²) < 4.78 is 6.15. The number of carbonyl (C=O) groups excluding carboxylic acids is 2. The molecule has 2 aliphatic heterocycles. The Morgan fingerprint density at radius 2 is 1.91 bits per heavy atom. The molecule has 0 spiro atoms. The van der Waals surface area contributed by atoms with Gasteiger partial charge in [-0.3, -0.25) is 9.59 Å². The van der Waals surface area contributed by atoms with Crippen LogP contribution in [0.15, 0.2) is 0 Å². The van der Waals surface area contributed by atoms with Crippen LogP contribution in [0.2, 0.25) is 0 Å². The minimum atomic E-state index is -1.03. The van der Waals surface area contributed by atoms with Gasteiger partial charge < -0.3 is 20.1 Å². The van der Waals surface area contributed by atoms with Crippen LogP contribution in [0.4, 0.5) is 0 Å². The van der Waals surface area contributed by atoms with E-state index in [-0.39, 0.29) is 29.2 Å². The van der Waals surface area contributed by atoms with Crippen molar-refractivity contribution in [2.75, 3.05) is 0 Å². The third kappa shape index (κ3) is 4.54. The first-order chi connectivity index (χ1) is 15.3. The molecule has 0 aromatic carbocycles. The second-order valence-corrected chi connectivity index (χ2v) is 13.2. The zero-order valence-corrected chi connectivity index (χ0v) is 22.2. The van der Waals surface area contributed by atoms with Crippen molar-refractivity contribution in [3.8, 4) is 0 Å². The zero-order valence-electron chi connectivity index (χ0n) is 21.4. The van der Waals surface area contributed by atoms with Gasteiger partial charge in [0.2, 0.25) is 5.91 Å². The van der Waals surface area contributed by atoms with Crippen molar-refractivity contribution in [3.05, 3.63) is 0 Å². The molecule has 3 aliphatic rings.